The number of unbranched alkanes of at least 4 members (excludes halogenated alkanes) is 2. The fraction of sp³-hybridized carbons (Fsp3) is 0.615. The first-order chi connectivity index (χ1) is 24.0. The molecule has 1 rings (SSSR count). The minimum atomic E-state index is -1.02. The van der Waals surface area contributed by atoms with Crippen molar-refractivity contribution in [2.24, 2.45) is 0 Å². The standard InChI is InChI=1S/C39H62N2O6S2/c1-2-3-4-5-6-7-8-9-10-11-12-13-14-15-16-17-18-19-20-27-37(44)40-30-24-23-26-36(39(46)47-34(32-42)33-43)41-38(45)28-22-21-25-35-29-31-48-49-35/h3-4,6-7,9-10,12-13,15-16,18-19,34-36,42-43H,2,5,8,11,14,17,20-33H2,1H3,(H,40,44)(H,41,45)/b4-3-,7-6-,10-9-,13-12-,16-15-,19-18-/t35?,36-/m0/s1. The molecule has 1 aliphatic rings. The number of hydrogen-bond acceptors (Lipinski definition) is 8. The molecule has 0 saturated carbocycles. The molecule has 49 heavy (non-hydrogen) atoms. The molecule has 0 radical (unpaired) electrons. The largest absolute Gasteiger partial charge is 0.456 e. The molecule has 0 aliphatic carbocycles. The van der Waals surface area contributed by atoms with Crippen LogP contribution in [-0.2, 0) is 19.1 Å². The summed E-state index contributed by atoms with van der Waals surface area (Å²) in [6.07, 6.45) is 37.7. The zero-order valence-corrected chi connectivity index (χ0v) is 31.3. The van der Waals surface area contributed by atoms with Gasteiger partial charge in [0.25, 0.3) is 0 Å². The van der Waals surface area contributed by atoms with Crippen LogP contribution in [0.3, 0.4) is 0 Å². The van der Waals surface area contributed by atoms with Crippen molar-refractivity contribution in [3.05, 3.63) is 72.9 Å². The Morgan fingerprint density at radius 3 is 1.90 bits per heavy atom. The van der Waals surface area contributed by atoms with E-state index in [-0.39, 0.29) is 11.8 Å². The van der Waals surface area contributed by atoms with E-state index in [9.17, 15) is 24.6 Å². The van der Waals surface area contributed by atoms with Gasteiger partial charge in [-0.2, -0.15) is 0 Å². The van der Waals surface area contributed by atoms with Crippen molar-refractivity contribution < 1.29 is 29.3 Å². The number of hydrogen-bond donors (Lipinski definition) is 4. The van der Waals surface area contributed by atoms with Crippen molar-refractivity contribution in [3.8, 4) is 0 Å². The van der Waals surface area contributed by atoms with Gasteiger partial charge in [0.2, 0.25) is 11.8 Å². The van der Waals surface area contributed by atoms with Crippen molar-refractivity contribution >= 4 is 39.4 Å². The van der Waals surface area contributed by atoms with Gasteiger partial charge in [0.1, 0.15) is 12.1 Å². The highest BCUT2D eigenvalue weighted by Crippen LogP contribution is 2.39. The van der Waals surface area contributed by atoms with Crippen molar-refractivity contribution in [1.82, 2.24) is 10.6 Å². The highest BCUT2D eigenvalue weighted by Gasteiger charge is 2.25. The molecule has 1 saturated heterocycles. The fourth-order valence-electron chi connectivity index (χ4n) is 4.76. The lowest BCUT2D eigenvalue weighted by atomic mass is 10.1. The van der Waals surface area contributed by atoms with Gasteiger partial charge >= 0.3 is 5.97 Å². The number of amides is 2. The number of aliphatic hydroxyl groups is 2. The van der Waals surface area contributed by atoms with Crippen molar-refractivity contribution in [1.29, 1.82) is 0 Å². The van der Waals surface area contributed by atoms with Crippen molar-refractivity contribution in [3.63, 3.8) is 0 Å². The first-order valence-electron chi connectivity index (χ1n) is 18.2. The Morgan fingerprint density at radius 1 is 0.755 bits per heavy atom. The predicted octanol–water partition coefficient (Wildman–Crippen LogP) is 7.85. The number of nitrogens with one attached hydrogen (secondary N) is 2. The van der Waals surface area contributed by atoms with Crippen LogP contribution in [0.4, 0.5) is 0 Å². The zero-order chi connectivity index (χ0) is 35.6. The molecule has 4 N–H and O–H groups in total. The maximum Gasteiger partial charge on any atom is 0.329 e. The molecule has 2 amide bonds. The topological polar surface area (TPSA) is 125 Å². The molecule has 1 aliphatic heterocycles. The van der Waals surface area contributed by atoms with Gasteiger partial charge in [0, 0.05) is 30.4 Å². The Balaban J connectivity index is 2.18. The van der Waals surface area contributed by atoms with E-state index in [0.717, 1.165) is 57.8 Å². The van der Waals surface area contributed by atoms with E-state index >= 15 is 0 Å². The third-order valence-electron chi connectivity index (χ3n) is 7.59. The molecule has 8 nitrogen and oxygen atoms in total. The first kappa shape index (κ1) is 44.5. The highest BCUT2D eigenvalue weighted by molar-refractivity contribution is 8.77. The quantitative estimate of drug-likeness (QED) is 0.0267. The normalized spacial score (nSPS) is 16.0. The summed E-state index contributed by atoms with van der Waals surface area (Å²) in [5.74, 6) is 0.298. The van der Waals surface area contributed by atoms with Crippen LogP contribution < -0.4 is 10.6 Å². The van der Waals surface area contributed by atoms with Gasteiger partial charge in [-0.1, -0.05) is 108 Å². The molecule has 0 bridgehead atoms. The van der Waals surface area contributed by atoms with Crippen LogP contribution in [0.5, 0.6) is 0 Å². The summed E-state index contributed by atoms with van der Waals surface area (Å²) in [7, 11) is 3.84. The van der Waals surface area contributed by atoms with Gasteiger partial charge in [-0.25, -0.2) is 4.79 Å². The molecule has 0 aromatic carbocycles. The molecule has 1 unspecified atom stereocenters. The van der Waals surface area contributed by atoms with E-state index in [2.05, 4.69) is 84.4 Å². The smallest absolute Gasteiger partial charge is 0.329 e. The third-order valence-corrected chi connectivity index (χ3v) is 10.6. The van der Waals surface area contributed by atoms with Crippen LogP contribution in [0, 0.1) is 0 Å². The average molecular weight is 719 g/mol. The van der Waals surface area contributed by atoms with Crippen LogP contribution in [0.25, 0.3) is 0 Å². The number of esters is 1. The molecule has 276 valence electrons. The van der Waals surface area contributed by atoms with Gasteiger partial charge in [-0.15, -0.1) is 0 Å². The number of aliphatic hydroxyl groups excluding tert-OH is 2. The van der Waals surface area contributed by atoms with E-state index in [4.69, 9.17) is 4.74 Å². The van der Waals surface area contributed by atoms with E-state index in [1.807, 2.05) is 27.7 Å². The van der Waals surface area contributed by atoms with Crippen LogP contribution >= 0.6 is 21.6 Å². The minimum absolute atomic E-state index is 0.0212. The van der Waals surface area contributed by atoms with Gasteiger partial charge < -0.3 is 25.6 Å². The van der Waals surface area contributed by atoms with E-state index in [1.165, 1.54) is 12.2 Å². The second-order valence-corrected chi connectivity index (χ2v) is 14.7. The Kier molecular flexibility index (Phi) is 29.7. The molecule has 1 heterocycles. The minimum Gasteiger partial charge on any atom is -0.456 e. The Morgan fingerprint density at radius 2 is 1.35 bits per heavy atom. The van der Waals surface area contributed by atoms with E-state index in [1.54, 1.807) is 0 Å². The van der Waals surface area contributed by atoms with Gasteiger partial charge in [-0.05, 0) is 83.5 Å². The Labute approximate surface area is 303 Å². The number of ether oxygens (including phenoxy) is 1. The monoisotopic (exact) mass is 718 g/mol. The van der Waals surface area contributed by atoms with Crippen LogP contribution in [-0.4, -0.2) is 70.9 Å². The maximum atomic E-state index is 12.7. The maximum absolute atomic E-state index is 12.7. The fourth-order valence-corrected chi connectivity index (χ4v) is 7.79. The summed E-state index contributed by atoms with van der Waals surface area (Å²) in [6, 6.07) is -0.862. The van der Waals surface area contributed by atoms with E-state index in [0.29, 0.717) is 50.3 Å². The molecule has 2 atom stereocenters. The van der Waals surface area contributed by atoms with Gasteiger partial charge in [0.05, 0.1) is 13.2 Å². The Hall–Kier alpha value is -2.53. The van der Waals surface area contributed by atoms with Crippen LogP contribution in [0.15, 0.2) is 72.9 Å². The molecule has 1 fully saturated rings. The molecular weight excluding hydrogens is 657 g/mol. The first-order valence-corrected chi connectivity index (χ1v) is 20.5. The summed E-state index contributed by atoms with van der Waals surface area (Å²) in [5, 5.41) is 24.9. The highest BCUT2D eigenvalue weighted by atomic mass is 33.1. The number of rotatable bonds is 29. The lowest BCUT2D eigenvalue weighted by molar-refractivity contribution is -0.157. The van der Waals surface area contributed by atoms with Crippen molar-refractivity contribution in [2.75, 3.05) is 25.5 Å². The van der Waals surface area contributed by atoms with Crippen LogP contribution in [0.2, 0.25) is 0 Å². The molecule has 0 aromatic rings. The SMILES string of the molecule is CC/C=C\C/C=C\C/C=C\C/C=C\C/C=C\C/C=C\CCC(=O)NCCCC[C@H](NC(=O)CCCCC1CCSS1)C(=O)OC(CO)CO. The Bertz CT molecular complexity index is 1050. The van der Waals surface area contributed by atoms with Crippen molar-refractivity contribution in [2.45, 2.75) is 127 Å². The summed E-state index contributed by atoms with van der Waals surface area (Å²) >= 11 is 0. The molecular formula is C39H62N2O6S2. The second-order valence-electron chi connectivity index (χ2n) is 11.9. The lowest BCUT2D eigenvalue weighted by Crippen LogP contribution is -2.44. The zero-order valence-electron chi connectivity index (χ0n) is 29.6. The predicted molar refractivity (Wildman–Crippen MR) is 207 cm³/mol. The summed E-state index contributed by atoms with van der Waals surface area (Å²) < 4.78 is 5.18. The number of carbonyl (C=O) groups excluding carboxylic acids is 3. The summed E-state index contributed by atoms with van der Waals surface area (Å²) in [5.41, 5.74) is 0. The lowest BCUT2D eigenvalue weighted by Gasteiger charge is -2.21. The molecule has 10 heteroatoms. The van der Waals surface area contributed by atoms with E-state index < -0.39 is 31.3 Å². The summed E-state index contributed by atoms with van der Waals surface area (Å²) in [6.45, 7) is 1.63. The number of carbonyl (C=O) groups is 3. The number of allylic oxidation sites excluding steroid dienone is 12. The summed E-state index contributed by atoms with van der Waals surface area (Å²) in [4.78, 5) is 37.5. The van der Waals surface area contributed by atoms with Gasteiger partial charge in [0.15, 0.2) is 0 Å². The third kappa shape index (κ3) is 26.9. The molecule has 0 spiro atoms. The molecule has 0 aromatic heterocycles. The second kappa shape index (κ2) is 32.7. The average Bonchev–Trinajstić information content (AvgIpc) is 3.63. The van der Waals surface area contributed by atoms with Gasteiger partial charge in [-0.3, -0.25) is 9.59 Å². The van der Waals surface area contributed by atoms with Crippen LogP contribution in [0.1, 0.15) is 110 Å².